The third kappa shape index (κ3) is 3.29. The summed E-state index contributed by atoms with van der Waals surface area (Å²) in [6.45, 7) is 2.03. The standard InChI is InChI=1S/C13H13BrN4O/c1-2-8-5-9(14)3-4-10(8)18-13(19)11-6-16-7-12(15)17-11/h3-7H,2H2,1H3,(H2,15,17)(H,18,19). The number of anilines is 2. The van der Waals surface area contributed by atoms with E-state index in [-0.39, 0.29) is 17.4 Å². The molecule has 3 N–H and O–H groups in total. The largest absolute Gasteiger partial charge is 0.382 e. The number of amides is 1. The number of hydrogen-bond acceptors (Lipinski definition) is 4. The molecule has 0 radical (unpaired) electrons. The number of nitrogens with zero attached hydrogens (tertiary/aromatic N) is 2. The van der Waals surface area contributed by atoms with E-state index in [4.69, 9.17) is 5.73 Å². The van der Waals surface area contributed by atoms with Crippen LogP contribution < -0.4 is 11.1 Å². The molecule has 1 aromatic heterocycles. The Hall–Kier alpha value is -1.95. The van der Waals surface area contributed by atoms with Gasteiger partial charge in [-0.15, -0.1) is 0 Å². The van der Waals surface area contributed by atoms with E-state index in [9.17, 15) is 4.79 Å². The number of nitrogens with one attached hydrogen (secondary N) is 1. The Morgan fingerprint density at radius 3 is 2.89 bits per heavy atom. The van der Waals surface area contributed by atoms with Gasteiger partial charge in [0, 0.05) is 10.2 Å². The van der Waals surface area contributed by atoms with Gasteiger partial charge in [0.05, 0.1) is 12.4 Å². The molecule has 5 nitrogen and oxygen atoms in total. The summed E-state index contributed by atoms with van der Waals surface area (Å²) in [6.07, 6.45) is 3.60. The Bertz CT molecular complexity index is 615. The van der Waals surface area contributed by atoms with E-state index < -0.39 is 0 Å². The summed E-state index contributed by atoms with van der Waals surface area (Å²) in [5, 5.41) is 2.81. The fourth-order valence-corrected chi connectivity index (χ4v) is 2.06. The van der Waals surface area contributed by atoms with Crippen molar-refractivity contribution in [2.24, 2.45) is 0 Å². The van der Waals surface area contributed by atoms with Crippen LogP contribution in [0.5, 0.6) is 0 Å². The monoisotopic (exact) mass is 320 g/mol. The molecule has 1 heterocycles. The van der Waals surface area contributed by atoms with E-state index in [0.717, 1.165) is 22.1 Å². The van der Waals surface area contributed by atoms with E-state index in [1.807, 2.05) is 25.1 Å². The van der Waals surface area contributed by atoms with Crippen molar-refractivity contribution in [3.8, 4) is 0 Å². The molecule has 0 aliphatic carbocycles. The van der Waals surface area contributed by atoms with Gasteiger partial charge in [-0.2, -0.15) is 0 Å². The Balaban J connectivity index is 2.24. The third-order valence-electron chi connectivity index (χ3n) is 2.58. The van der Waals surface area contributed by atoms with Crippen LogP contribution in [0.15, 0.2) is 35.1 Å². The first-order chi connectivity index (χ1) is 9.10. The minimum absolute atomic E-state index is 0.199. The van der Waals surface area contributed by atoms with Gasteiger partial charge in [0.15, 0.2) is 0 Å². The number of carbonyl (C=O) groups excluding carboxylic acids is 1. The number of benzene rings is 1. The van der Waals surface area contributed by atoms with Crippen molar-refractivity contribution >= 4 is 33.3 Å². The highest BCUT2D eigenvalue weighted by molar-refractivity contribution is 9.10. The van der Waals surface area contributed by atoms with Crippen molar-refractivity contribution in [1.82, 2.24) is 9.97 Å². The van der Waals surface area contributed by atoms with Crippen LogP contribution >= 0.6 is 15.9 Å². The van der Waals surface area contributed by atoms with Gasteiger partial charge in [-0.3, -0.25) is 9.78 Å². The fourth-order valence-electron chi connectivity index (χ4n) is 1.65. The normalized spacial score (nSPS) is 10.2. The molecule has 1 aromatic carbocycles. The van der Waals surface area contributed by atoms with Crippen molar-refractivity contribution in [2.75, 3.05) is 11.1 Å². The van der Waals surface area contributed by atoms with Gasteiger partial charge in [0.25, 0.3) is 5.91 Å². The van der Waals surface area contributed by atoms with E-state index >= 15 is 0 Å². The molecule has 0 unspecified atom stereocenters. The van der Waals surface area contributed by atoms with Crippen LogP contribution in [-0.4, -0.2) is 15.9 Å². The summed E-state index contributed by atoms with van der Waals surface area (Å²) in [4.78, 5) is 19.8. The van der Waals surface area contributed by atoms with Gasteiger partial charge in [0.2, 0.25) is 0 Å². The highest BCUT2D eigenvalue weighted by Gasteiger charge is 2.10. The zero-order valence-electron chi connectivity index (χ0n) is 10.4. The molecule has 0 fully saturated rings. The van der Waals surface area contributed by atoms with Crippen molar-refractivity contribution in [3.63, 3.8) is 0 Å². The lowest BCUT2D eigenvalue weighted by atomic mass is 10.1. The van der Waals surface area contributed by atoms with Crippen LogP contribution in [0.2, 0.25) is 0 Å². The van der Waals surface area contributed by atoms with Crippen LogP contribution in [0.4, 0.5) is 11.5 Å². The van der Waals surface area contributed by atoms with Crippen LogP contribution in [0.1, 0.15) is 23.0 Å². The Morgan fingerprint density at radius 1 is 1.42 bits per heavy atom. The highest BCUT2D eigenvalue weighted by atomic mass is 79.9. The van der Waals surface area contributed by atoms with Gasteiger partial charge in [-0.25, -0.2) is 4.98 Å². The van der Waals surface area contributed by atoms with Gasteiger partial charge < -0.3 is 11.1 Å². The molecule has 19 heavy (non-hydrogen) atoms. The van der Waals surface area contributed by atoms with Gasteiger partial charge in [0.1, 0.15) is 11.5 Å². The molecule has 2 aromatic rings. The molecular weight excluding hydrogens is 308 g/mol. The highest BCUT2D eigenvalue weighted by Crippen LogP contribution is 2.22. The lowest BCUT2D eigenvalue weighted by molar-refractivity contribution is 0.102. The molecule has 0 bridgehead atoms. The second-order valence-electron chi connectivity index (χ2n) is 3.94. The zero-order chi connectivity index (χ0) is 13.8. The number of rotatable bonds is 3. The summed E-state index contributed by atoms with van der Waals surface area (Å²) >= 11 is 3.41. The van der Waals surface area contributed by atoms with E-state index in [2.05, 4.69) is 31.2 Å². The molecule has 1 amide bonds. The van der Waals surface area contributed by atoms with Crippen LogP contribution in [0.3, 0.4) is 0 Å². The van der Waals surface area contributed by atoms with Crippen LogP contribution in [0, 0.1) is 0 Å². The number of nitrogens with two attached hydrogens (primary N) is 1. The first-order valence-electron chi connectivity index (χ1n) is 5.77. The number of halogens is 1. The average molecular weight is 321 g/mol. The third-order valence-corrected chi connectivity index (χ3v) is 3.08. The molecule has 0 saturated heterocycles. The maximum atomic E-state index is 12.0. The molecule has 2 rings (SSSR count). The first kappa shape index (κ1) is 13.5. The number of hydrogen-bond donors (Lipinski definition) is 2. The lowest BCUT2D eigenvalue weighted by Crippen LogP contribution is -2.15. The Morgan fingerprint density at radius 2 is 2.21 bits per heavy atom. The first-order valence-corrected chi connectivity index (χ1v) is 6.56. The second-order valence-corrected chi connectivity index (χ2v) is 4.85. The van der Waals surface area contributed by atoms with Gasteiger partial charge in [-0.1, -0.05) is 22.9 Å². The lowest BCUT2D eigenvalue weighted by Gasteiger charge is -2.10. The van der Waals surface area contributed by atoms with Crippen molar-refractivity contribution in [3.05, 3.63) is 46.3 Å². The summed E-state index contributed by atoms with van der Waals surface area (Å²) in [6, 6.07) is 5.70. The molecule has 98 valence electrons. The van der Waals surface area contributed by atoms with Crippen molar-refractivity contribution in [2.45, 2.75) is 13.3 Å². The summed E-state index contributed by atoms with van der Waals surface area (Å²) < 4.78 is 0.978. The second kappa shape index (κ2) is 5.79. The topological polar surface area (TPSA) is 80.9 Å². The smallest absolute Gasteiger partial charge is 0.275 e. The maximum Gasteiger partial charge on any atom is 0.275 e. The fraction of sp³-hybridized carbons (Fsp3) is 0.154. The molecule has 6 heteroatoms. The number of nitrogen functional groups attached to an aromatic ring is 1. The Labute approximate surface area is 119 Å². The Kier molecular flexibility index (Phi) is 4.11. The quantitative estimate of drug-likeness (QED) is 0.910. The van der Waals surface area contributed by atoms with E-state index in [0.29, 0.717) is 0 Å². The SMILES string of the molecule is CCc1cc(Br)ccc1NC(=O)c1cncc(N)n1. The van der Waals surface area contributed by atoms with Crippen molar-refractivity contribution < 1.29 is 4.79 Å². The molecular formula is C13H13BrN4O. The molecule has 0 saturated carbocycles. The summed E-state index contributed by atoms with van der Waals surface area (Å²) in [7, 11) is 0. The summed E-state index contributed by atoms with van der Waals surface area (Å²) in [5.41, 5.74) is 7.51. The molecule has 0 atom stereocenters. The summed E-state index contributed by atoms with van der Waals surface area (Å²) in [5.74, 6) is -0.101. The zero-order valence-corrected chi connectivity index (χ0v) is 11.9. The van der Waals surface area contributed by atoms with Crippen LogP contribution in [-0.2, 0) is 6.42 Å². The predicted molar refractivity (Wildman–Crippen MR) is 77.9 cm³/mol. The number of aryl methyl sites for hydroxylation is 1. The van der Waals surface area contributed by atoms with Gasteiger partial charge in [-0.05, 0) is 30.2 Å². The average Bonchev–Trinajstić information content (AvgIpc) is 2.40. The molecule has 0 aliphatic heterocycles. The molecule has 0 spiro atoms. The number of aromatic nitrogens is 2. The van der Waals surface area contributed by atoms with E-state index in [1.54, 1.807) is 0 Å². The van der Waals surface area contributed by atoms with E-state index in [1.165, 1.54) is 12.4 Å². The minimum atomic E-state index is -0.322. The van der Waals surface area contributed by atoms with Crippen molar-refractivity contribution in [1.29, 1.82) is 0 Å². The minimum Gasteiger partial charge on any atom is -0.382 e. The maximum absolute atomic E-state index is 12.0. The number of carbonyl (C=O) groups is 1. The van der Waals surface area contributed by atoms with Gasteiger partial charge >= 0.3 is 0 Å². The molecule has 0 aliphatic rings. The predicted octanol–water partition coefficient (Wildman–Crippen LogP) is 2.64. The van der Waals surface area contributed by atoms with Crippen LogP contribution in [0.25, 0.3) is 0 Å².